The summed E-state index contributed by atoms with van der Waals surface area (Å²) in [4.78, 5) is 29.5. The summed E-state index contributed by atoms with van der Waals surface area (Å²) in [5.74, 6) is 0.909. The Labute approximate surface area is 215 Å². The van der Waals surface area contributed by atoms with Crippen LogP contribution in [0.5, 0.6) is 5.75 Å². The first-order valence-corrected chi connectivity index (χ1v) is 12.6. The molecule has 1 fully saturated rings. The third-order valence-electron chi connectivity index (χ3n) is 5.53. The predicted molar refractivity (Wildman–Crippen MR) is 143 cm³/mol. The van der Waals surface area contributed by atoms with Gasteiger partial charge in [0.2, 0.25) is 0 Å². The molecule has 2 aromatic rings. The van der Waals surface area contributed by atoms with Crippen LogP contribution in [-0.4, -0.2) is 66.6 Å². The van der Waals surface area contributed by atoms with Crippen molar-refractivity contribution in [2.24, 2.45) is 5.92 Å². The van der Waals surface area contributed by atoms with E-state index in [0.29, 0.717) is 52.7 Å². The van der Waals surface area contributed by atoms with Gasteiger partial charge in [0.25, 0.3) is 11.8 Å². The molecule has 2 N–H and O–H groups in total. The summed E-state index contributed by atoms with van der Waals surface area (Å²) in [6.45, 7) is 8.04. The van der Waals surface area contributed by atoms with Crippen molar-refractivity contribution in [3.63, 3.8) is 0 Å². The minimum atomic E-state index is -0.336. The van der Waals surface area contributed by atoms with Crippen LogP contribution in [0.1, 0.15) is 41.0 Å². The first-order chi connectivity index (χ1) is 16.2. The molecule has 34 heavy (non-hydrogen) atoms. The zero-order valence-electron chi connectivity index (χ0n) is 19.8. The Kier molecular flexibility index (Phi) is 9.44. The second-order valence-corrected chi connectivity index (χ2v) is 10.0. The second kappa shape index (κ2) is 12.3. The molecule has 182 valence electrons. The van der Waals surface area contributed by atoms with Gasteiger partial charge in [0.05, 0.1) is 11.1 Å². The molecule has 1 saturated heterocycles. The van der Waals surface area contributed by atoms with Gasteiger partial charge in [-0.15, -0.1) is 0 Å². The minimum absolute atomic E-state index is 0.00717. The van der Waals surface area contributed by atoms with Gasteiger partial charge in [0.1, 0.15) is 5.75 Å². The van der Waals surface area contributed by atoms with E-state index < -0.39 is 0 Å². The summed E-state index contributed by atoms with van der Waals surface area (Å²) in [5, 5.41) is 5.84. The number of amides is 2. The fraction of sp³-hybridized carbons (Fsp3) is 0.400. The molecule has 1 aliphatic heterocycles. The Morgan fingerprint density at radius 2 is 1.82 bits per heavy atom. The number of benzene rings is 2. The van der Waals surface area contributed by atoms with E-state index in [2.05, 4.69) is 52.4 Å². The Hall–Kier alpha value is -2.49. The molecule has 0 aliphatic carbocycles. The summed E-state index contributed by atoms with van der Waals surface area (Å²) in [5.41, 5.74) is 1.67. The van der Waals surface area contributed by atoms with E-state index in [1.807, 2.05) is 4.90 Å². The Morgan fingerprint density at radius 3 is 2.50 bits per heavy atom. The van der Waals surface area contributed by atoms with Crippen LogP contribution in [0.3, 0.4) is 0 Å². The molecule has 0 aromatic heterocycles. The lowest BCUT2D eigenvalue weighted by Gasteiger charge is -2.32. The molecule has 0 bridgehead atoms. The molecule has 0 radical (unpaired) electrons. The average molecular weight is 548 g/mol. The van der Waals surface area contributed by atoms with Crippen LogP contribution in [0.25, 0.3) is 0 Å². The van der Waals surface area contributed by atoms with Crippen molar-refractivity contribution in [2.45, 2.75) is 20.3 Å². The maximum absolute atomic E-state index is 12.8. The second-order valence-electron chi connectivity index (χ2n) is 8.76. The van der Waals surface area contributed by atoms with E-state index in [9.17, 15) is 9.59 Å². The topological polar surface area (TPSA) is 73.9 Å². The maximum atomic E-state index is 12.8. The lowest BCUT2D eigenvalue weighted by atomic mass is 10.1. The lowest BCUT2D eigenvalue weighted by Crippen LogP contribution is -2.47. The Bertz CT molecular complexity index is 1040. The third kappa shape index (κ3) is 7.51. The highest BCUT2D eigenvalue weighted by atomic mass is 79.9. The fourth-order valence-electron chi connectivity index (χ4n) is 3.42. The number of carbonyl (C=O) groups excluding carboxylic acids is 2. The molecule has 1 heterocycles. The van der Waals surface area contributed by atoms with E-state index >= 15 is 0 Å². The normalized spacial score (nSPS) is 14.1. The zero-order chi connectivity index (χ0) is 24.7. The van der Waals surface area contributed by atoms with Gasteiger partial charge in [0.15, 0.2) is 5.11 Å². The van der Waals surface area contributed by atoms with E-state index in [0.717, 1.165) is 19.5 Å². The number of carbonyl (C=O) groups is 2. The van der Waals surface area contributed by atoms with Crippen molar-refractivity contribution < 1.29 is 14.3 Å². The number of nitrogens with one attached hydrogen (secondary N) is 2. The van der Waals surface area contributed by atoms with Crippen LogP contribution >= 0.6 is 28.1 Å². The van der Waals surface area contributed by atoms with Crippen LogP contribution in [0.15, 0.2) is 46.9 Å². The van der Waals surface area contributed by atoms with Crippen molar-refractivity contribution in [2.75, 3.05) is 45.2 Å². The summed E-state index contributed by atoms with van der Waals surface area (Å²) in [6, 6.07) is 12.3. The van der Waals surface area contributed by atoms with Gasteiger partial charge >= 0.3 is 0 Å². The number of rotatable bonds is 7. The molecule has 0 unspecified atom stereocenters. The van der Waals surface area contributed by atoms with Crippen LogP contribution in [0.2, 0.25) is 0 Å². The smallest absolute Gasteiger partial charge is 0.257 e. The van der Waals surface area contributed by atoms with Crippen molar-refractivity contribution in [1.82, 2.24) is 15.1 Å². The Morgan fingerprint density at radius 1 is 1.09 bits per heavy atom. The number of likely N-dealkylation sites (N-methyl/N-ethyl adjacent to an activating group) is 1. The molecule has 3 rings (SSSR count). The van der Waals surface area contributed by atoms with E-state index in [1.54, 1.807) is 42.5 Å². The molecule has 0 atom stereocenters. The molecule has 2 amide bonds. The first-order valence-electron chi connectivity index (χ1n) is 11.4. The highest BCUT2D eigenvalue weighted by Crippen LogP contribution is 2.26. The van der Waals surface area contributed by atoms with Crippen molar-refractivity contribution in [1.29, 1.82) is 0 Å². The number of ether oxygens (including phenoxy) is 1. The SMILES string of the molecule is CC(C)CCOc1ccc(C(=O)NC(=S)Nc2cccc(C(=O)N3CCN(C)CC3)c2)cc1Br. The van der Waals surface area contributed by atoms with Gasteiger partial charge in [0, 0.05) is 43.0 Å². The van der Waals surface area contributed by atoms with Crippen LogP contribution in [0.4, 0.5) is 5.69 Å². The standard InChI is InChI=1S/C25H31BrN4O3S/c1-17(2)9-14-33-22-8-7-18(16-21(22)26)23(31)28-25(34)27-20-6-4-5-19(15-20)24(32)30-12-10-29(3)11-13-30/h4-8,15-17H,9-14H2,1-3H3,(H2,27,28,31,34). The van der Waals surface area contributed by atoms with Crippen LogP contribution < -0.4 is 15.4 Å². The lowest BCUT2D eigenvalue weighted by molar-refractivity contribution is 0.0664. The summed E-state index contributed by atoms with van der Waals surface area (Å²) in [6.07, 6.45) is 0.955. The van der Waals surface area contributed by atoms with E-state index in [4.69, 9.17) is 17.0 Å². The third-order valence-corrected chi connectivity index (χ3v) is 6.36. The molecule has 0 spiro atoms. The summed E-state index contributed by atoms with van der Waals surface area (Å²) >= 11 is 8.79. The number of thiocarbonyl (C=S) groups is 1. The molecule has 9 heteroatoms. The number of piperazine rings is 1. The van der Waals surface area contributed by atoms with E-state index in [-0.39, 0.29) is 16.9 Å². The number of hydrogen-bond acceptors (Lipinski definition) is 5. The molecule has 1 aliphatic rings. The van der Waals surface area contributed by atoms with Crippen molar-refractivity contribution in [3.05, 3.63) is 58.1 Å². The largest absolute Gasteiger partial charge is 0.492 e. The maximum Gasteiger partial charge on any atom is 0.257 e. The highest BCUT2D eigenvalue weighted by Gasteiger charge is 2.20. The zero-order valence-corrected chi connectivity index (χ0v) is 22.2. The van der Waals surface area contributed by atoms with Crippen molar-refractivity contribution >= 4 is 50.8 Å². The molecule has 2 aromatic carbocycles. The van der Waals surface area contributed by atoms with Gasteiger partial charge in [-0.1, -0.05) is 19.9 Å². The van der Waals surface area contributed by atoms with Gasteiger partial charge < -0.3 is 19.9 Å². The summed E-state index contributed by atoms with van der Waals surface area (Å²) in [7, 11) is 2.05. The quantitative estimate of drug-likeness (QED) is 0.502. The Balaban J connectivity index is 1.56. The average Bonchev–Trinajstić information content (AvgIpc) is 2.80. The highest BCUT2D eigenvalue weighted by molar-refractivity contribution is 9.10. The van der Waals surface area contributed by atoms with Crippen molar-refractivity contribution in [3.8, 4) is 5.75 Å². The summed E-state index contributed by atoms with van der Waals surface area (Å²) < 4.78 is 6.48. The fourth-order valence-corrected chi connectivity index (χ4v) is 4.13. The number of halogens is 1. The number of nitrogens with zero attached hydrogens (tertiary/aromatic N) is 2. The molecular formula is C25H31BrN4O3S. The van der Waals surface area contributed by atoms with Gasteiger partial charge in [-0.3, -0.25) is 14.9 Å². The number of hydrogen-bond donors (Lipinski definition) is 2. The van der Waals surface area contributed by atoms with Crippen LogP contribution in [-0.2, 0) is 0 Å². The predicted octanol–water partition coefficient (Wildman–Crippen LogP) is 4.39. The number of anilines is 1. The van der Waals surface area contributed by atoms with Gasteiger partial charge in [-0.2, -0.15) is 0 Å². The van der Waals surface area contributed by atoms with Gasteiger partial charge in [-0.25, -0.2) is 0 Å². The van der Waals surface area contributed by atoms with Crippen LogP contribution in [0, 0.1) is 5.92 Å². The van der Waals surface area contributed by atoms with Gasteiger partial charge in [-0.05, 0) is 83.9 Å². The molecule has 0 saturated carbocycles. The minimum Gasteiger partial charge on any atom is -0.492 e. The van der Waals surface area contributed by atoms with E-state index in [1.165, 1.54) is 0 Å². The molecular weight excluding hydrogens is 516 g/mol. The monoisotopic (exact) mass is 546 g/mol. The molecule has 7 nitrogen and oxygen atoms in total. The first kappa shape index (κ1) is 26.1.